The molecule has 0 unspecified atom stereocenters. The fourth-order valence-corrected chi connectivity index (χ4v) is 6.43. The van der Waals surface area contributed by atoms with Crippen LogP contribution in [-0.2, 0) is 27.2 Å². The van der Waals surface area contributed by atoms with Crippen molar-refractivity contribution in [1.82, 2.24) is 20.9 Å². The number of carbonyl (C=O) groups is 3. The fourth-order valence-electron chi connectivity index (χ4n) is 5.86. The first kappa shape index (κ1) is 37.2. The summed E-state index contributed by atoms with van der Waals surface area (Å²) in [5.74, 6) is -0.647. The van der Waals surface area contributed by atoms with E-state index in [-0.39, 0.29) is 18.8 Å². The maximum absolute atomic E-state index is 14.0. The molecule has 1 aliphatic rings. The molecule has 11 nitrogen and oxygen atoms in total. The number of hydrogen-bond donors (Lipinski definition) is 6. The van der Waals surface area contributed by atoms with E-state index >= 15 is 0 Å². The second-order valence-electron chi connectivity index (χ2n) is 13.9. The van der Waals surface area contributed by atoms with Crippen LogP contribution in [0, 0.1) is 11.8 Å². The van der Waals surface area contributed by atoms with Crippen LogP contribution in [0.25, 0.3) is 0 Å². The molecular weight excluding hydrogens is 606 g/mol. The van der Waals surface area contributed by atoms with Gasteiger partial charge in [0.2, 0.25) is 11.8 Å². The Morgan fingerprint density at radius 1 is 0.978 bits per heavy atom. The highest BCUT2D eigenvalue weighted by Crippen LogP contribution is 2.29. The molecule has 0 saturated heterocycles. The Hall–Kier alpha value is -3.22. The Kier molecular flexibility index (Phi) is 14.3. The minimum Gasteiger partial charge on any atom is -0.444 e. The molecule has 256 valence electrons. The van der Waals surface area contributed by atoms with Crippen molar-refractivity contribution in [3.8, 4) is 0 Å². The molecule has 2 aromatic rings. The van der Waals surface area contributed by atoms with Gasteiger partial charge in [0.25, 0.3) is 0 Å². The third kappa shape index (κ3) is 12.9. The van der Waals surface area contributed by atoms with E-state index in [1.54, 1.807) is 26.2 Å². The molecule has 5 atom stereocenters. The molecule has 1 saturated carbocycles. The largest absolute Gasteiger partial charge is 0.444 e. The standard InChI is InChI=1S/C34H53N5O6S/c1-21(2)16-28(40)29(41)25(17-22-12-8-6-9-13-22)37-31(43)27(19-24-20-46-32(35)36-24)38-30(42)26(18-23-14-10-7-11-15-23)39-33(44)45-34(3,4)5/h7,10-11,14-15,20-22,25-29,40-41H,6,8-9,12-13,16-19H2,1-5H3,(H2,35,36)(H,37,43)(H,38,42)(H,39,44)/t25-,26-,27-,28-,29+/m0/s1. The SMILES string of the molecule is CC(C)C[C@H](O)[C@H](O)[C@H](CC1CCCCC1)NC(=O)[C@H](Cc1csc(N)n1)NC(=O)[C@H](Cc1ccccc1)NC(=O)OC(C)(C)C. The summed E-state index contributed by atoms with van der Waals surface area (Å²) in [7, 11) is 0. The Balaban J connectivity index is 1.86. The number of anilines is 1. The lowest BCUT2D eigenvalue weighted by Gasteiger charge is -2.34. The number of carbonyl (C=O) groups excluding carboxylic acids is 3. The van der Waals surface area contributed by atoms with Crippen molar-refractivity contribution >= 4 is 34.4 Å². The van der Waals surface area contributed by atoms with E-state index in [1.165, 1.54) is 17.8 Å². The lowest BCUT2D eigenvalue weighted by atomic mass is 9.82. The van der Waals surface area contributed by atoms with Gasteiger partial charge in [-0.15, -0.1) is 11.3 Å². The molecular formula is C34H53N5O6S. The highest BCUT2D eigenvalue weighted by molar-refractivity contribution is 7.13. The van der Waals surface area contributed by atoms with Crippen LogP contribution in [0.2, 0.25) is 0 Å². The first-order valence-corrected chi connectivity index (χ1v) is 17.3. The van der Waals surface area contributed by atoms with Crippen molar-refractivity contribution in [2.75, 3.05) is 5.73 Å². The Morgan fingerprint density at radius 3 is 2.20 bits per heavy atom. The van der Waals surface area contributed by atoms with Gasteiger partial charge in [0, 0.05) is 18.2 Å². The summed E-state index contributed by atoms with van der Waals surface area (Å²) < 4.78 is 5.42. The number of aromatic nitrogens is 1. The van der Waals surface area contributed by atoms with Gasteiger partial charge in [-0.25, -0.2) is 9.78 Å². The zero-order valence-electron chi connectivity index (χ0n) is 27.8. The lowest BCUT2D eigenvalue weighted by Crippen LogP contribution is -2.58. The van der Waals surface area contributed by atoms with E-state index < -0.39 is 53.8 Å². The Bertz CT molecular complexity index is 1240. The molecule has 7 N–H and O–H groups in total. The molecule has 1 aliphatic carbocycles. The topological polar surface area (TPSA) is 176 Å². The second kappa shape index (κ2) is 17.6. The third-order valence-corrected chi connectivity index (χ3v) is 8.79. The zero-order valence-corrected chi connectivity index (χ0v) is 28.6. The smallest absolute Gasteiger partial charge is 0.408 e. The fraction of sp³-hybridized carbons (Fsp3) is 0.647. The summed E-state index contributed by atoms with van der Waals surface area (Å²) in [6.45, 7) is 9.12. The molecule has 0 radical (unpaired) electrons. The predicted molar refractivity (Wildman–Crippen MR) is 180 cm³/mol. The van der Waals surface area contributed by atoms with Crippen molar-refractivity contribution in [2.45, 2.75) is 128 Å². The van der Waals surface area contributed by atoms with Gasteiger partial charge < -0.3 is 36.6 Å². The van der Waals surface area contributed by atoms with Crippen LogP contribution in [0.5, 0.6) is 0 Å². The summed E-state index contributed by atoms with van der Waals surface area (Å²) in [6.07, 6.45) is 3.48. The van der Waals surface area contributed by atoms with E-state index in [2.05, 4.69) is 20.9 Å². The number of benzene rings is 1. The minimum absolute atomic E-state index is 0.0383. The minimum atomic E-state index is -1.18. The van der Waals surface area contributed by atoms with E-state index in [0.29, 0.717) is 29.6 Å². The number of nitrogen functional groups attached to an aromatic ring is 1. The van der Waals surface area contributed by atoms with Crippen LogP contribution in [0.3, 0.4) is 0 Å². The predicted octanol–water partition coefficient (Wildman–Crippen LogP) is 4.11. The number of aliphatic hydroxyl groups excluding tert-OH is 2. The maximum Gasteiger partial charge on any atom is 0.408 e. The summed E-state index contributed by atoms with van der Waals surface area (Å²) >= 11 is 1.23. The van der Waals surface area contributed by atoms with Crippen LogP contribution in [0.4, 0.5) is 9.93 Å². The summed E-state index contributed by atoms with van der Waals surface area (Å²) in [4.78, 5) is 44.9. The average Bonchev–Trinajstić information content (AvgIpc) is 3.39. The number of aliphatic hydroxyl groups is 2. The molecule has 12 heteroatoms. The molecule has 0 aliphatic heterocycles. The van der Waals surface area contributed by atoms with Crippen molar-refractivity contribution in [3.05, 3.63) is 47.0 Å². The molecule has 1 heterocycles. The number of alkyl carbamates (subject to hydrolysis) is 1. The van der Waals surface area contributed by atoms with Crippen LogP contribution in [0.15, 0.2) is 35.7 Å². The number of nitrogens with zero attached hydrogens (tertiary/aromatic N) is 1. The van der Waals surface area contributed by atoms with Crippen LogP contribution >= 0.6 is 11.3 Å². The second-order valence-corrected chi connectivity index (χ2v) is 14.8. The van der Waals surface area contributed by atoms with Gasteiger partial charge in [-0.3, -0.25) is 9.59 Å². The van der Waals surface area contributed by atoms with Gasteiger partial charge in [-0.2, -0.15) is 0 Å². The van der Waals surface area contributed by atoms with Crippen LogP contribution in [-0.4, -0.2) is 69.0 Å². The normalized spacial score (nSPS) is 17.4. The van der Waals surface area contributed by atoms with Crippen molar-refractivity contribution in [3.63, 3.8) is 0 Å². The molecule has 0 spiro atoms. The van der Waals surface area contributed by atoms with E-state index in [9.17, 15) is 24.6 Å². The molecule has 46 heavy (non-hydrogen) atoms. The lowest BCUT2D eigenvalue weighted by molar-refractivity contribution is -0.131. The van der Waals surface area contributed by atoms with Crippen molar-refractivity contribution < 1.29 is 29.3 Å². The number of amides is 3. The molecule has 1 fully saturated rings. The van der Waals surface area contributed by atoms with Gasteiger partial charge in [0.05, 0.1) is 17.8 Å². The van der Waals surface area contributed by atoms with Gasteiger partial charge in [-0.1, -0.05) is 76.3 Å². The number of ether oxygens (including phenoxy) is 1. The number of nitrogens with one attached hydrogen (secondary N) is 3. The monoisotopic (exact) mass is 659 g/mol. The Labute approximate surface area is 277 Å². The highest BCUT2D eigenvalue weighted by Gasteiger charge is 2.35. The van der Waals surface area contributed by atoms with E-state index in [4.69, 9.17) is 10.5 Å². The molecule has 1 aromatic carbocycles. The molecule has 3 amide bonds. The van der Waals surface area contributed by atoms with Gasteiger partial charge in [-0.05, 0) is 51.0 Å². The van der Waals surface area contributed by atoms with Gasteiger partial charge >= 0.3 is 6.09 Å². The highest BCUT2D eigenvalue weighted by atomic mass is 32.1. The molecule has 1 aromatic heterocycles. The molecule has 3 rings (SSSR count). The first-order valence-electron chi connectivity index (χ1n) is 16.4. The molecule has 0 bridgehead atoms. The first-order chi connectivity index (χ1) is 21.7. The zero-order chi connectivity index (χ0) is 33.9. The van der Waals surface area contributed by atoms with Gasteiger partial charge in [0.15, 0.2) is 5.13 Å². The van der Waals surface area contributed by atoms with E-state index in [1.807, 2.05) is 44.2 Å². The van der Waals surface area contributed by atoms with Crippen molar-refractivity contribution in [1.29, 1.82) is 0 Å². The number of thiazole rings is 1. The third-order valence-electron chi connectivity index (χ3n) is 8.06. The quantitative estimate of drug-likeness (QED) is 0.166. The van der Waals surface area contributed by atoms with Crippen LogP contribution < -0.4 is 21.7 Å². The Morgan fingerprint density at radius 2 is 1.61 bits per heavy atom. The number of nitrogens with two attached hydrogens (primary N) is 1. The van der Waals surface area contributed by atoms with E-state index in [0.717, 1.165) is 31.2 Å². The van der Waals surface area contributed by atoms with Crippen LogP contribution in [0.1, 0.15) is 90.8 Å². The number of hydrogen-bond acceptors (Lipinski definition) is 9. The summed E-state index contributed by atoms with van der Waals surface area (Å²) in [6, 6.07) is 6.36. The summed E-state index contributed by atoms with van der Waals surface area (Å²) in [5, 5.41) is 32.7. The van der Waals surface area contributed by atoms with Gasteiger partial charge in [0.1, 0.15) is 23.8 Å². The summed E-state index contributed by atoms with van der Waals surface area (Å²) in [5.41, 5.74) is 6.41. The maximum atomic E-state index is 14.0. The van der Waals surface area contributed by atoms with Crippen molar-refractivity contribution in [2.24, 2.45) is 11.8 Å². The number of rotatable bonds is 15. The average molecular weight is 660 g/mol.